The molecule has 55 heavy (non-hydrogen) atoms. The van der Waals surface area contributed by atoms with Gasteiger partial charge in [-0.2, -0.15) is 0 Å². The van der Waals surface area contributed by atoms with Gasteiger partial charge in [0.2, 0.25) is 0 Å². The molecule has 2 aliphatic heterocycles. The Balaban J connectivity index is 0. The van der Waals surface area contributed by atoms with Crippen molar-refractivity contribution in [3.8, 4) is 0 Å². The number of esters is 2. The molecule has 328 valence electrons. The number of carbonyl (C=O) groups is 2. The zero-order valence-corrected chi connectivity index (χ0v) is 37.1. The summed E-state index contributed by atoms with van der Waals surface area (Å²) in [7, 11) is 0.708. The summed E-state index contributed by atoms with van der Waals surface area (Å²) in [6, 6.07) is 1.70. The van der Waals surface area contributed by atoms with Gasteiger partial charge in [-0.25, -0.2) is 9.36 Å². The smallest absolute Gasteiger partial charge is 0.465 e. The lowest BCUT2D eigenvalue weighted by atomic mass is 9.88. The van der Waals surface area contributed by atoms with Crippen LogP contribution in [0.15, 0.2) is 12.2 Å². The zero-order valence-electron chi connectivity index (χ0n) is 34.2. The van der Waals surface area contributed by atoms with Crippen LogP contribution in [0.2, 0.25) is 12.1 Å². The molecule has 3 aliphatic rings. The number of unbranched alkanes of at least 4 members (excludes halogenated alkanes) is 1. The minimum atomic E-state index is -4.46. The molecule has 2 heterocycles. The average molecular weight is 853 g/mol. The van der Waals surface area contributed by atoms with Gasteiger partial charge in [0.15, 0.2) is 0 Å². The minimum absolute atomic E-state index is 0. The molecule has 20 heteroatoms. The van der Waals surface area contributed by atoms with Crippen molar-refractivity contribution in [2.75, 3.05) is 82.3 Å². The van der Waals surface area contributed by atoms with Gasteiger partial charge in [-0.1, -0.05) is 41.2 Å². The van der Waals surface area contributed by atoms with Crippen LogP contribution in [0.1, 0.15) is 80.1 Å². The molecule has 3 rings (SSSR count). The molecule has 3 fully saturated rings. The number of phosphoric acid groups is 1. The molecule has 4 atom stereocenters. The maximum absolute atomic E-state index is 10.8. The molecule has 2 saturated heterocycles. The number of ether oxygens (including phenoxy) is 5. The van der Waals surface area contributed by atoms with Crippen molar-refractivity contribution in [3.63, 3.8) is 0 Å². The number of phosphoric ester groups is 1. The maximum Gasteiger partial charge on any atom is 0.500 e. The Hall–Kier alpha value is -1.14. The number of hydrogen-bond donors (Lipinski definition) is 2. The van der Waals surface area contributed by atoms with E-state index in [9.17, 15) is 14.2 Å². The lowest BCUT2D eigenvalue weighted by Gasteiger charge is -2.27. The van der Waals surface area contributed by atoms with Crippen LogP contribution in [0.5, 0.6) is 0 Å². The summed E-state index contributed by atoms with van der Waals surface area (Å²) in [6.45, 7) is 12.8. The van der Waals surface area contributed by atoms with E-state index in [1.807, 2.05) is 13.8 Å². The average Bonchev–Trinajstić information content (AvgIpc) is 4.09. The third-order valence-electron chi connectivity index (χ3n) is 8.45. The van der Waals surface area contributed by atoms with Crippen molar-refractivity contribution in [1.82, 2.24) is 0 Å². The highest BCUT2D eigenvalue weighted by Gasteiger charge is 2.45. The van der Waals surface area contributed by atoms with Gasteiger partial charge in [0, 0.05) is 66.9 Å². The second kappa shape index (κ2) is 30.9. The van der Waals surface area contributed by atoms with Gasteiger partial charge in [-0.15, -0.1) is 0 Å². The van der Waals surface area contributed by atoms with Crippen LogP contribution < -0.4 is 0 Å². The summed E-state index contributed by atoms with van der Waals surface area (Å²) >= 11 is 0. The molecule has 0 bridgehead atoms. The third kappa shape index (κ3) is 27.2. The first-order chi connectivity index (χ1) is 25.5. The Kier molecular flexibility index (Phi) is 31.4. The first-order valence-electron chi connectivity index (χ1n) is 18.3. The molecular weight excluding hydrogens is 780 g/mol. The zero-order chi connectivity index (χ0) is 41.2. The largest absolute Gasteiger partial charge is 0.500 e. The van der Waals surface area contributed by atoms with Crippen LogP contribution in [0.4, 0.5) is 0 Å². The van der Waals surface area contributed by atoms with Crippen molar-refractivity contribution in [2.24, 2.45) is 11.8 Å². The number of epoxide rings is 2. The standard InChI is InChI=1S/C11H22O4Si.C9H20O5Si.C8H16O2.C6H11O6P.CH4/c1-12-16(13-2,14-3)7-6-9-4-5-10-11(8-9)15-10;1-10-15(11-2,12-3)6-4-5-13-7-9-8-14-9;1-4-5-6-10-8(9)7(2)3;1-5(2)6(7)11-3-4-12-13(8,9)10;/h9-11H,4-8H2,1-3H3;9H,4-8H2,1-3H3;7H,4-6H2,1-3H3;1,3-4H2,2H3,(H2,8,9,10);1H4. The molecule has 0 radical (unpaired) electrons. The fourth-order valence-electron chi connectivity index (χ4n) is 4.91. The van der Waals surface area contributed by atoms with E-state index in [1.165, 1.54) is 26.2 Å². The molecule has 0 amide bonds. The van der Waals surface area contributed by atoms with Crippen molar-refractivity contribution in [3.05, 3.63) is 12.2 Å². The summed E-state index contributed by atoms with van der Waals surface area (Å²) in [5.74, 6) is 0.0655. The molecular formula is C35H73O17PSi2. The van der Waals surface area contributed by atoms with Crippen molar-refractivity contribution in [1.29, 1.82) is 0 Å². The molecule has 2 N–H and O–H groups in total. The van der Waals surface area contributed by atoms with Crippen LogP contribution in [0.3, 0.4) is 0 Å². The van der Waals surface area contributed by atoms with Gasteiger partial charge < -0.3 is 60.0 Å². The predicted octanol–water partition coefficient (Wildman–Crippen LogP) is 5.33. The van der Waals surface area contributed by atoms with Crippen LogP contribution in [-0.2, 0) is 68.9 Å². The van der Waals surface area contributed by atoms with Gasteiger partial charge in [0.05, 0.1) is 44.6 Å². The Morgan fingerprint density at radius 1 is 0.836 bits per heavy atom. The summed E-state index contributed by atoms with van der Waals surface area (Å²) in [4.78, 5) is 37.9. The third-order valence-corrected chi connectivity index (χ3v) is 14.6. The second-order valence-electron chi connectivity index (χ2n) is 13.1. The van der Waals surface area contributed by atoms with Crippen molar-refractivity contribution in [2.45, 2.75) is 110 Å². The molecule has 1 saturated carbocycles. The number of rotatable bonds is 24. The van der Waals surface area contributed by atoms with E-state index in [1.54, 1.807) is 42.7 Å². The first-order valence-corrected chi connectivity index (χ1v) is 23.7. The quantitative estimate of drug-likeness (QED) is 0.0314. The van der Waals surface area contributed by atoms with Crippen molar-refractivity contribution >= 4 is 37.4 Å². The van der Waals surface area contributed by atoms with Crippen LogP contribution in [0.25, 0.3) is 0 Å². The molecule has 0 aromatic carbocycles. The number of fused-ring (bicyclic) bond motifs is 1. The lowest BCUT2D eigenvalue weighted by molar-refractivity contribution is -0.147. The molecule has 0 aromatic heterocycles. The van der Waals surface area contributed by atoms with Gasteiger partial charge >= 0.3 is 37.4 Å². The molecule has 0 aromatic rings. The SMILES string of the molecule is C.C=C(C)C(=O)OCCOP(=O)(O)O.CCCCOC(=O)C(C)C.CO[Si](CCC1CCC2OC2C1)(OC)OC.CO[Si](CCCOCC1CO1)(OC)OC. The number of hydrogen-bond acceptors (Lipinski definition) is 15. The topological polar surface area (TPSA) is 209 Å². The van der Waals surface area contributed by atoms with Gasteiger partial charge in [-0.3, -0.25) is 9.32 Å². The van der Waals surface area contributed by atoms with Gasteiger partial charge in [-0.05, 0) is 51.4 Å². The van der Waals surface area contributed by atoms with Gasteiger partial charge in [0.25, 0.3) is 0 Å². The highest BCUT2D eigenvalue weighted by Crippen LogP contribution is 2.41. The number of carbonyl (C=O) groups excluding carboxylic acids is 2. The molecule has 1 aliphatic carbocycles. The van der Waals surface area contributed by atoms with Crippen LogP contribution in [-0.4, -0.2) is 140 Å². The Morgan fingerprint density at radius 2 is 1.40 bits per heavy atom. The van der Waals surface area contributed by atoms with E-state index < -0.39 is 31.4 Å². The molecule has 0 spiro atoms. The van der Waals surface area contributed by atoms with E-state index in [0.717, 1.165) is 50.3 Å². The lowest BCUT2D eigenvalue weighted by Crippen LogP contribution is -2.43. The summed E-state index contributed by atoms with van der Waals surface area (Å²) in [5, 5.41) is 0. The Labute approximate surface area is 332 Å². The molecule has 17 nitrogen and oxygen atoms in total. The van der Waals surface area contributed by atoms with E-state index in [0.29, 0.717) is 38.1 Å². The van der Waals surface area contributed by atoms with E-state index in [2.05, 4.69) is 22.8 Å². The van der Waals surface area contributed by atoms with E-state index >= 15 is 0 Å². The highest BCUT2D eigenvalue weighted by molar-refractivity contribution is 7.46. The Morgan fingerprint density at radius 3 is 1.85 bits per heavy atom. The van der Waals surface area contributed by atoms with Crippen LogP contribution >= 0.6 is 7.82 Å². The summed E-state index contributed by atoms with van der Waals surface area (Å²) in [5.41, 5.74) is 0.219. The van der Waals surface area contributed by atoms with Crippen molar-refractivity contribution < 1.29 is 78.7 Å². The maximum atomic E-state index is 10.8. The Bertz CT molecular complexity index is 1050. The highest BCUT2D eigenvalue weighted by atomic mass is 31.2. The predicted molar refractivity (Wildman–Crippen MR) is 210 cm³/mol. The fraction of sp³-hybridized carbons (Fsp3) is 0.886. The monoisotopic (exact) mass is 852 g/mol. The summed E-state index contributed by atoms with van der Waals surface area (Å²) < 4.78 is 71.7. The first kappa shape index (κ1) is 56.0. The van der Waals surface area contributed by atoms with E-state index in [-0.39, 0.29) is 38.1 Å². The fourth-order valence-corrected chi connectivity index (χ4v) is 8.79. The van der Waals surface area contributed by atoms with Gasteiger partial charge in [0.1, 0.15) is 12.7 Å². The van der Waals surface area contributed by atoms with Crippen LogP contribution in [0, 0.1) is 11.8 Å². The molecule has 4 unspecified atom stereocenters. The second-order valence-corrected chi connectivity index (χ2v) is 20.5. The van der Waals surface area contributed by atoms with E-state index in [4.69, 9.17) is 55.3 Å². The minimum Gasteiger partial charge on any atom is -0.465 e. The summed E-state index contributed by atoms with van der Waals surface area (Å²) in [6.07, 6.45) is 9.27. The normalized spacial score (nSPS) is 19.8.